The number of benzene rings is 1. The fourth-order valence-electron chi connectivity index (χ4n) is 1.84. The predicted molar refractivity (Wildman–Crippen MR) is 86.6 cm³/mol. The maximum atomic E-state index is 5.78. The standard InChI is InChI=1S/C15H22N6O/c1-3-4-9-17-15(16)18-10-13-19-14(21-20-13)11-5-7-12(22-2)8-6-11/h5-8H,3-4,9-10H2,1-2H3,(H3,16,17,18)(H,19,20,21). The number of hydrogen-bond acceptors (Lipinski definition) is 4. The first-order chi connectivity index (χ1) is 10.7. The van der Waals surface area contributed by atoms with Crippen molar-refractivity contribution in [3.63, 3.8) is 0 Å². The second-order valence-electron chi connectivity index (χ2n) is 4.82. The lowest BCUT2D eigenvalue weighted by Gasteiger charge is -2.03. The molecule has 7 heteroatoms. The van der Waals surface area contributed by atoms with Crippen molar-refractivity contribution in [3.8, 4) is 17.1 Å². The monoisotopic (exact) mass is 302 g/mol. The summed E-state index contributed by atoms with van der Waals surface area (Å²) in [6.07, 6.45) is 2.19. The van der Waals surface area contributed by atoms with Crippen molar-refractivity contribution >= 4 is 5.96 Å². The molecule has 118 valence electrons. The Labute approximate surface area is 130 Å². The van der Waals surface area contributed by atoms with Crippen LogP contribution in [0.3, 0.4) is 0 Å². The van der Waals surface area contributed by atoms with E-state index < -0.39 is 0 Å². The van der Waals surface area contributed by atoms with Crippen LogP contribution in [-0.2, 0) is 6.54 Å². The molecule has 0 saturated heterocycles. The van der Waals surface area contributed by atoms with Gasteiger partial charge < -0.3 is 15.8 Å². The van der Waals surface area contributed by atoms with Gasteiger partial charge in [-0.1, -0.05) is 13.3 Å². The molecule has 0 radical (unpaired) electrons. The molecule has 2 rings (SSSR count). The molecule has 0 spiro atoms. The Morgan fingerprint density at radius 1 is 1.36 bits per heavy atom. The first-order valence-corrected chi connectivity index (χ1v) is 7.32. The van der Waals surface area contributed by atoms with Crippen LogP contribution in [0.5, 0.6) is 5.75 Å². The van der Waals surface area contributed by atoms with Gasteiger partial charge in [0.15, 0.2) is 11.8 Å². The molecule has 1 aromatic carbocycles. The minimum absolute atomic E-state index is 0.369. The molecule has 0 amide bonds. The quantitative estimate of drug-likeness (QED) is 0.410. The van der Waals surface area contributed by atoms with Gasteiger partial charge in [-0.25, -0.2) is 9.98 Å². The van der Waals surface area contributed by atoms with Crippen LogP contribution in [0.25, 0.3) is 11.4 Å². The number of nitrogens with zero attached hydrogens (tertiary/aromatic N) is 3. The molecule has 4 N–H and O–H groups in total. The van der Waals surface area contributed by atoms with E-state index in [0.29, 0.717) is 24.2 Å². The molecule has 0 atom stereocenters. The summed E-state index contributed by atoms with van der Waals surface area (Å²) in [7, 11) is 1.64. The Bertz CT molecular complexity index is 605. The molecule has 1 aromatic heterocycles. The normalized spacial score (nSPS) is 11.5. The van der Waals surface area contributed by atoms with Crippen LogP contribution >= 0.6 is 0 Å². The zero-order valence-corrected chi connectivity index (χ0v) is 13.0. The third kappa shape index (κ3) is 4.47. The molecule has 22 heavy (non-hydrogen) atoms. The van der Waals surface area contributed by atoms with E-state index in [4.69, 9.17) is 10.5 Å². The molecule has 0 bridgehead atoms. The Kier molecular flexibility index (Phi) is 5.76. The maximum absolute atomic E-state index is 5.78. The first-order valence-electron chi connectivity index (χ1n) is 7.32. The van der Waals surface area contributed by atoms with E-state index in [9.17, 15) is 0 Å². The number of nitrogens with two attached hydrogens (primary N) is 1. The van der Waals surface area contributed by atoms with Crippen LogP contribution in [0.4, 0.5) is 0 Å². The van der Waals surface area contributed by atoms with Crippen LogP contribution in [-0.4, -0.2) is 34.8 Å². The van der Waals surface area contributed by atoms with Gasteiger partial charge in [-0.15, -0.1) is 0 Å². The average Bonchev–Trinajstić information content (AvgIpc) is 3.02. The van der Waals surface area contributed by atoms with E-state index in [-0.39, 0.29) is 0 Å². The summed E-state index contributed by atoms with van der Waals surface area (Å²) in [5.41, 5.74) is 6.69. The van der Waals surface area contributed by atoms with Crippen LogP contribution < -0.4 is 15.8 Å². The maximum Gasteiger partial charge on any atom is 0.189 e. The molecule has 0 aliphatic rings. The smallest absolute Gasteiger partial charge is 0.189 e. The lowest BCUT2D eigenvalue weighted by Crippen LogP contribution is -2.32. The molecular formula is C15H22N6O. The third-order valence-corrected chi connectivity index (χ3v) is 3.12. The number of aromatic amines is 1. The van der Waals surface area contributed by atoms with Gasteiger partial charge in [0.25, 0.3) is 0 Å². The van der Waals surface area contributed by atoms with Crippen molar-refractivity contribution in [1.82, 2.24) is 20.5 Å². The summed E-state index contributed by atoms with van der Waals surface area (Å²) in [6, 6.07) is 7.57. The Morgan fingerprint density at radius 2 is 2.14 bits per heavy atom. The van der Waals surface area contributed by atoms with Gasteiger partial charge >= 0.3 is 0 Å². The minimum Gasteiger partial charge on any atom is -0.497 e. The molecule has 0 saturated carbocycles. The highest BCUT2D eigenvalue weighted by Gasteiger charge is 2.05. The summed E-state index contributed by atoms with van der Waals surface area (Å²) in [5, 5.41) is 10.1. The van der Waals surface area contributed by atoms with Crippen molar-refractivity contribution in [2.45, 2.75) is 26.3 Å². The number of methoxy groups -OCH3 is 1. The van der Waals surface area contributed by atoms with Crippen molar-refractivity contribution < 1.29 is 4.74 Å². The molecule has 0 aliphatic heterocycles. The molecule has 7 nitrogen and oxygen atoms in total. The number of aliphatic imine (C=N–C) groups is 1. The molecular weight excluding hydrogens is 280 g/mol. The number of ether oxygens (including phenoxy) is 1. The van der Waals surface area contributed by atoms with Gasteiger partial charge in [-0.3, -0.25) is 5.10 Å². The molecule has 0 fully saturated rings. The van der Waals surface area contributed by atoms with E-state index in [2.05, 4.69) is 32.4 Å². The summed E-state index contributed by atoms with van der Waals surface area (Å²) >= 11 is 0. The SMILES string of the molecule is CCCCNC(N)=NCc1nc(-c2ccc(OC)cc2)n[nH]1. The van der Waals surface area contributed by atoms with E-state index in [1.807, 2.05) is 24.3 Å². The van der Waals surface area contributed by atoms with E-state index in [1.54, 1.807) is 7.11 Å². The van der Waals surface area contributed by atoms with Gasteiger partial charge in [-0.05, 0) is 30.7 Å². The highest BCUT2D eigenvalue weighted by atomic mass is 16.5. The second kappa shape index (κ2) is 8.02. The Hall–Kier alpha value is -2.57. The summed E-state index contributed by atoms with van der Waals surface area (Å²) in [4.78, 5) is 8.64. The van der Waals surface area contributed by atoms with Crippen molar-refractivity contribution in [2.24, 2.45) is 10.7 Å². The summed E-state index contributed by atoms with van der Waals surface area (Å²) in [6.45, 7) is 3.33. The van der Waals surface area contributed by atoms with Crippen LogP contribution in [0.15, 0.2) is 29.3 Å². The largest absolute Gasteiger partial charge is 0.497 e. The topological polar surface area (TPSA) is 101 Å². The predicted octanol–water partition coefficient (Wildman–Crippen LogP) is 1.68. The number of nitrogens with one attached hydrogen (secondary N) is 2. The van der Waals surface area contributed by atoms with Crippen molar-refractivity contribution in [2.75, 3.05) is 13.7 Å². The second-order valence-corrected chi connectivity index (χ2v) is 4.82. The van der Waals surface area contributed by atoms with E-state index >= 15 is 0 Å². The van der Waals surface area contributed by atoms with Crippen LogP contribution in [0.2, 0.25) is 0 Å². The molecule has 0 aliphatic carbocycles. The van der Waals surface area contributed by atoms with Gasteiger partial charge in [0, 0.05) is 12.1 Å². The van der Waals surface area contributed by atoms with Crippen LogP contribution in [0.1, 0.15) is 25.6 Å². The first kappa shape index (κ1) is 15.8. The summed E-state index contributed by atoms with van der Waals surface area (Å²) < 4.78 is 5.13. The molecule has 2 aromatic rings. The fourth-order valence-corrected chi connectivity index (χ4v) is 1.84. The molecule has 0 unspecified atom stereocenters. The van der Waals surface area contributed by atoms with Gasteiger partial charge in [0.05, 0.1) is 7.11 Å². The number of rotatable bonds is 7. The zero-order valence-electron chi connectivity index (χ0n) is 13.0. The van der Waals surface area contributed by atoms with Gasteiger partial charge in [0.2, 0.25) is 0 Å². The third-order valence-electron chi connectivity index (χ3n) is 3.12. The Balaban J connectivity index is 1.94. The number of guanidine groups is 1. The van der Waals surface area contributed by atoms with E-state index in [0.717, 1.165) is 30.7 Å². The van der Waals surface area contributed by atoms with Crippen LogP contribution in [0, 0.1) is 0 Å². The number of H-pyrrole nitrogens is 1. The average molecular weight is 302 g/mol. The molecule has 1 heterocycles. The van der Waals surface area contributed by atoms with Crippen molar-refractivity contribution in [3.05, 3.63) is 30.1 Å². The van der Waals surface area contributed by atoms with Gasteiger partial charge in [-0.2, -0.15) is 5.10 Å². The summed E-state index contributed by atoms with van der Waals surface area (Å²) in [5.74, 6) is 2.53. The van der Waals surface area contributed by atoms with Crippen molar-refractivity contribution in [1.29, 1.82) is 0 Å². The lowest BCUT2D eigenvalue weighted by molar-refractivity contribution is 0.415. The van der Waals surface area contributed by atoms with E-state index in [1.165, 1.54) is 0 Å². The fraction of sp³-hybridized carbons (Fsp3) is 0.400. The number of unbranched alkanes of at least 4 members (excludes halogenated alkanes) is 1. The highest BCUT2D eigenvalue weighted by molar-refractivity contribution is 5.77. The Morgan fingerprint density at radius 3 is 2.82 bits per heavy atom. The van der Waals surface area contributed by atoms with Gasteiger partial charge in [0.1, 0.15) is 18.1 Å². The number of hydrogen-bond donors (Lipinski definition) is 3. The highest BCUT2D eigenvalue weighted by Crippen LogP contribution is 2.18. The zero-order chi connectivity index (χ0) is 15.8. The lowest BCUT2D eigenvalue weighted by atomic mass is 10.2. The number of aromatic nitrogens is 3. The minimum atomic E-state index is 0.369.